The third-order valence-corrected chi connectivity index (χ3v) is 10.1. The molecule has 0 saturated carbocycles. The van der Waals surface area contributed by atoms with E-state index in [0.717, 1.165) is 27.5 Å². The highest BCUT2D eigenvalue weighted by molar-refractivity contribution is 6.25. The molecule has 0 radical (unpaired) electrons. The first-order chi connectivity index (χ1) is 24.3. The van der Waals surface area contributed by atoms with Gasteiger partial charge in [-0.3, -0.25) is 0 Å². The summed E-state index contributed by atoms with van der Waals surface area (Å²) < 4.78 is 6.39. The van der Waals surface area contributed by atoms with Gasteiger partial charge in [0, 0.05) is 10.8 Å². The summed E-state index contributed by atoms with van der Waals surface area (Å²) in [6.07, 6.45) is 0. The molecule has 0 amide bonds. The summed E-state index contributed by atoms with van der Waals surface area (Å²) in [6.45, 7) is 0. The van der Waals surface area contributed by atoms with Gasteiger partial charge in [-0.1, -0.05) is 158 Å². The molecule has 9 aromatic carbocycles. The summed E-state index contributed by atoms with van der Waals surface area (Å²) in [5.41, 5.74) is 11.6. The average molecular weight is 623 g/mol. The Morgan fingerprint density at radius 2 is 0.714 bits per heavy atom. The Morgan fingerprint density at radius 1 is 0.245 bits per heavy atom. The van der Waals surface area contributed by atoms with Crippen LogP contribution in [0.3, 0.4) is 0 Å². The quantitative estimate of drug-likeness (QED) is 0.178. The minimum atomic E-state index is 0.907. The molecule has 0 aliphatic rings. The lowest BCUT2D eigenvalue weighted by molar-refractivity contribution is 0.669. The van der Waals surface area contributed by atoms with E-state index in [9.17, 15) is 0 Å². The zero-order valence-corrected chi connectivity index (χ0v) is 26.7. The molecule has 10 rings (SSSR count). The number of hydrogen-bond donors (Lipinski definition) is 0. The number of para-hydroxylation sites is 1. The van der Waals surface area contributed by atoms with Crippen LogP contribution >= 0.6 is 0 Å². The third kappa shape index (κ3) is 4.33. The van der Waals surface area contributed by atoms with Crippen molar-refractivity contribution in [3.63, 3.8) is 0 Å². The van der Waals surface area contributed by atoms with Crippen LogP contribution in [0.5, 0.6) is 0 Å². The van der Waals surface area contributed by atoms with Crippen LogP contribution in [-0.4, -0.2) is 0 Å². The Bertz CT molecular complexity index is 2800. The van der Waals surface area contributed by atoms with Gasteiger partial charge in [-0.05, 0) is 101 Å². The highest BCUT2D eigenvalue weighted by atomic mass is 16.3. The smallest absolute Gasteiger partial charge is 0.136 e. The fourth-order valence-corrected chi connectivity index (χ4v) is 7.96. The molecule has 0 atom stereocenters. The van der Waals surface area contributed by atoms with Gasteiger partial charge in [0.2, 0.25) is 0 Å². The van der Waals surface area contributed by atoms with E-state index in [0.29, 0.717) is 0 Å². The number of benzene rings is 9. The first-order valence-corrected chi connectivity index (χ1v) is 16.9. The van der Waals surface area contributed by atoms with Crippen LogP contribution in [0.15, 0.2) is 186 Å². The van der Waals surface area contributed by atoms with E-state index in [4.69, 9.17) is 4.42 Å². The zero-order chi connectivity index (χ0) is 32.3. The molecule has 0 N–H and O–H groups in total. The molecular formula is C48H30O. The van der Waals surface area contributed by atoms with Gasteiger partial charge in [0.15, 0.2) is 0 Å². The molecule has 1 nitrogen and oxygen atoms in total. The maximum atomic E-state index is 6.39. The van der Waals surface area contributed by atoms with E-state index >= 15 is 0 Å². The second-order valence-electron chi connectivity index (χ2n) is 12.8. The van der Waals surface area contributed by atoms with Crippen molar-refractivity contribution in [2.45, 2.75) is 0 Å². The minimum Gasteiger partial charge on any atom is -0.456 e. The molecule has 0 aliphatic carbocycles. The summed E-state index contributed by atoms with van der Waals surface area (Å²) in [7, 11) is 0. The van der Waals surface area contributed by atoms with Crippen molar-refractivity contribution < 1.29 is 4.42 Å². The van der Waals surface area contributed by atoms with Gasteiger partial charge >= 0.3 is 0 Å². The maximum absolute atomic E-state index is 6.39. The van der Waals surface area contributed by atoms with Gasteiger partial charge in [0.1, 0.15) is 11.2 Å². The molecule has 49 heavy (non-hydrogen) atoms. The Morgan fingerprint density at radius 3 is 1.35 bits per heavy atom. The van der Waals surface area contributed by atoms with E-state index in [2.05, 4.69) is 170 Å². The molecule has 0 fully saturated rings. The van der Waals surface area contributed by atoms with Crippen molar-refractivity contribution in [3.05, 3.63) is 182 Å². The zero-order valence-electron chi connectivity index (χ0n) is 26.7. The Balaban J connectivity index is 1.35. The van der Waals surface area contributed by atoms with E-state index in [-0.39, 0.29) is 0 Å². The van der Waals surface area contributed by atoms with Crippen LogP contribution < -0.4 is 0 Å². The SMILES string of the molecule is c1ccc(-c2cc(-c3c4ccccc4c(-c4ccc5c(c4)oc4ccccc45)c4ccccc34)c(-c3ccccc3)c3ccccc23)cc1. The van der Waals surface area contributed by atoms with Gasteiger partial charge in [0.25, 0.3) is 0 Å². The van der Waals surface area contributed by atoms with Crippen LogP contribution in [-0.2, 0) is 0 Å². The fourth-order valence-electron chi connectivity index (χ4n) is 7.96. The number of fused-ring (bicyclic) bond motifs is 6. The molecule has 0 aliphatic heterocycles. The summed E-state index contributed by atoms with van der Waals surface area (Å²) in [5, 5.41) is 9.69. The fraction of sp³-hybridized carbons (Fsp3) is 0. The van der Waals surface area contributed by atoms with Crippen molar-refractivity contribution in [2.75, 3.05) is 0 Å². The van der Waals surface area contributed by atoms with Crippen molar-refractivity contribution in [1.29, 1.82) is 0 Å². The number of rotatable bonds is 4. The van der Waals surface area contributed by atoms with Crippen LogP contribution in [0.1, 0.15) is 0 Å². The van der Waals surface area contributed by atoms with E-state index in [1.54, 1.807) is 0 Å². The van der Waals surface area contributed by atoms with Gasteiger partial charge in [-0.15, -0.1) is 0 Å². The van der Waals surface area contributed by atoms with Gasteiger partial charge < -0.3 is 4.42 Å². The lowest BCUT2D eigenvalue weighted by atomic mass is 9.80. The number of hydrogen-bond acceptors (Lipinski definition) is 1. The molecule has 0 spiro atoms. The molecular weight excluding hydrogens is 593 g/mol. The Labute approximate surface area is 284 Å². The normalized spacial score (nSPS) is 11.7. The topological polar surface area (TPSA) is 13.1 Å². The highest BCUT2D eigenvalue weighted by Crippen LogP contribution is 2.50. The molecule has 0 saturated heterocycles. The number of furan rings is 1. The minimum absolute atomic E-state index is 0.907. The first-order valence-electron chi connectivity index (χ1n) is 16.9. The molecule has 1 heteroatoms. The van der Waals surface area contributed by atoms with E-state index in [1.807, 2.05) is 12.1 Å². The van der Waals surface area contributed by atoms with Crippen molar-refractivity contribution >= 4 is 54.3 Å². The van der Waals surface area contributed by atoms with Crippen LogP contribution in [0.25, 0.3) is 98.8 Å². The first kappa shape index (κ1) is 27.7. The predicted octanol–water partition coefficient (Wildman–Crippen LogP) is 13.7. The Kier molecular flexibility index (Phi) is 6.25. The summed E-state index contributed by atoms with van der Waals surface area (Å²) >= 11 is 0. The lowest BCUT2D eigenvalue weighted by Crippen LogP contribution is -1.95. The second-order valence-corrected chi connectivity index (χ2v) is 12.8. The predicted molar refractivity (Wildman–Crippen MR) is 208 cm³/mol. The maximum Gasteiger partial charge on any atom is 0.136 e. The van der Waals surface area contributed by atoms with E-state index in [1.165, 1.54) is 71.3 Å². The van der Waals surface area contributed by atoms with Gasteiger partial charge in [-0.2, -0.15) is 0 Å². The summed E-state index contributed by atoms with van der Waals surface area (Å²) in [5.74, 6) is 0. The summed E-state index contributed by atoms with van der Waals surface area (Å²) in [4.78, 5) is 0. The molecule has 1 heterocycles. The molecule has 0 unspecified atom stereocenters. The molecule has 10 aromatic rings. The van der Waals surface area contributed by atoms with Crippen LogP contribution in [0.4, 0.5) is 0 Å². The lowest BCUT2D eigenvalue weighted by Gasteiger charge is -2.22. The van der Waals surface area contributed by atoms with Crippen molar-refractivity contribution in [2.24, 2.45) is 0 Å². The van der Waals surface area contributed by atoms with Crippen molar-refractivity contribution in [1.82, 2.24) is 0 Å². The van der Waals surface area contributed by atoms with Gasteiger partial charge in [-0.25, -0.2) is 0 Å². The standard InChI is InChI=1S/C48H30O/c1-3-15-31(16-4-1)42-30-43(46(32-17-5-2-6-18-32)37-21-8-7-19-34(37)42)48-40-24-11-9-22-38(40)47(39-23-10-12-25-41(39)48)33-27-28-36-35-20-13-14-26-44(35)49-45(36)29-33/h1-30H. The molecule has 1 aromatic heterocycles. The second kappa shape index (κ2) is 11.1. The molecule has 0 bridgehead atoms. The van der Waals surface area contributed by atoms with Crippen LogP contribution in [0.2, 0.25) is 0 Å². The van der Waals surface area contributed by atoms with Gasteiger partial charge in [0.05, 0.1) is 0 Å². The van der Waals surface area contributed by atoms with Crippen molar-refractivity contribution in [3.8, 4) is 44.5 Å². The third-order valence-electron chi connectivity index (χ3n) is 10.1. The average Bonchev–Trinajstić information content (AvgIpc) is 3.55. The monoisotopic (exact) mass is 622 g/mol. The van der Waals surface area contributed by atoms with Crippen LogP contribution in [0, 0.1) is 0 Å². The van der Waals surface area contributed by atoms with E-state index < -0.39 is 0 Å². The largest absolute Gasteiger partial charge is 0.456 e. The highest BCUT2D eigenvalue weighted by Gasteiger charge is 2.22. The summed E-state index contributed by atoms with van der Waals surface area (Å²) in [6, 6.07) is 65.8. The Hall–Kier alpha value is -6.44. The molecule has 228 valence electrons.